The van der Waals surface area contributed by atoms with Crippen LogP contribution in [-0.4, -0.2) is 30.6 Å². The van der Waals surface area contributed by atoms with Crippen molar-refractivity contribution in [1.29, 1.82) is 0 Å². The Morgan fingerprint density at radius 2 is 1.96 bits per heavy atom. The number of ether oxygens (including phenoxy) is 2. The number of anilines is 1. The lowest BCUT2D eigenvalue weighted by atomic mass is 9.80. The van der Waals surface area contributed by atoms with E-state index in [-0.39, 0.29) is 42.3 Å². The van der Waals surface area contributed by atoms with E-state index in [1.54, 1.807) is 0 Å². The number of amides is 1. The zero-order chi connectivity index (χ0) is 17.7. The van der Waals surface area contributed by atoms with Gasteiger partial charge < -0.3 is 14.8 Å². The Morgan fingerprint density at radius 3 is 2.68 bits per heavy atom. The summed E-state index contributed by atoms with van der Waals surface area (Å²) in [7, 11) is 0. The van der Waals surface area contributed by atoms with Crippen LogP contribution in [0.2, 0.25) is 0 Å². The van der Waals surface area contributed by atoms with Gasteiger partial charge in [0.05, 0.1) is 11.8 Å². The molecule has 4 rings (SSSR count). The number of para-hydroxylation sites is 1. The molecule has 2 saturated carbocycles. The van der Waals surface area contributed by atoms with Crippen molar-refractivity contribution < 1.29 is 23.9 Å². The SMILES string of the molecule is Cc1cccc(C)c1NC(=O)COC(=O)[C@@H]1[C@@H]2C[C@@H]3[C@@H]1C(=O)O[C@@H]3C2. The van der Waals surface area contributed by atoms with Crippen LogP contribution in [0.1, 0.15) is 24.0 Å². The Bertz CT molecular complexity index is 736. The summed E-state index contributed by atoms with van der Waals surface area (Å²) in [4.78, 5) is 36.5. The van der Waals surface area contributed by atoms with E-state index in [0.29, 0.717) is 0 Å². The highest BCUT2D eigenvalue weighted by Crippen LogP contribution is 2.57. The number of fused-ring (bicyclic) bond motifs is 1. The van der Waals surface area contributed by atoms with Crippen molar-refractivity contribution in [2.45, 2.75) is 32.8 Å². The van der Waals surface area contributed by atoms with Crippen LogP contribution in [0.25, 0.3) is 0 Å². The fourth-order valence-electron chi connectivity index (χ4n) is 4.75. The number of hydrogen-bond donors (Lipinski definition) is 1. The average molecular weight is 343 g/mol. The third-order valence-corrected chi connectivity index (χ3v) is 5.85. The molecule has 2 bridgehead atoms. The molecule has 0 spiro atoms. The highest BCUT2D eigenvalue weighted by atomic mass is 16.6. The zero-order valence-corrected chi connectivity index (χ0v) is 14.3. The van der Waals surface area contributed by atoms with E-state index < -0.39 is 11.9 Å². The molecule has 1 aromatic carbocycles. The van der Waals surface area contributed by atoms with Crippen LogP contribution in [-0.2, 0) is 23.9 Å². The van der Waals surface area contributed by atoms with Gasteiger partial charge in [0.15, 0.2) is 6.61 Å². The summed E-state index contributed by atoms with van der Waals surface area (Å²) in [6.45, 7) is 3.48. The lowest BCUT2D eigenvalue weighted by Crippen LogP contribution is -2.35. The molecule has 6 nitrogen and oxygen atoms in total. The summed E-state index contributed by atoms with van der Waals surface area (Å²) < 4.78 is 10.6. The molecule has 1 amide bonds. The fourth-order valence-corrected chi connectivity index (χ4v) is 4.75. The lowest BCUT2D eigenvalue weighted by molar-refractivity contribution is -0.157. The first-order valence-corrected chi connectivity index (χ1v) is 8.69. The molecule has 1 aromatic rings. The molecule has 1 saturated heterocycles. The summed E-state index contributed by atoms with van der Waals surface area (Å²) in [6, 6.07) is 5.74. The molecule has 2 aliphatic carbocycles. The minimum absolute atomic E-state index is 0.0149. The minimum atomic E-state index is -0.454. The summed E-state index contributed by atoms with van der Waals surface area (Å²) in [6.07, 6.45) is 1.57. The molecule has 1 N–H and O–H groups in total. The van der Waals surface area contributed by atoms with Gasteiger partial charge in [-0.2, -0.15) is 0 Å². The lowest BCUT2D eigenvalue weighted by Gasteiger charge is -2.22. The second-order valence-corrected chi connectivity index (χ2v) is 7.34. The Balaban J connectivity index is 1.36. The third-order valence-electron chi connectivity index (χ3n) is 5.85. The van der Waals surface area contributed by atoms with E-state index >= 15 is 0 Å². The number of nitrogens with one attached hydrogen (secondary N) is 1. The number of esters is 2. The second-order valence-electron chi connectivity index (χ2n) is 7.34. The number of rotatable bonds is 4. The molecule has 3 aliphatic rings. The van der Waals surface area contributed by atoms with E-state index in [9.17, 15) is 14.4 Å². The summed E-state index contributed by atoms with van der Waals surface area (Å²) >= 11 is 0. The standard InChI is InChI=1S/C19H21NO5/c1-9-4-3-5-10(2)17(9)20-14(21)8-24-18(22)15-11-6-12-13(7-11)25-19(23)16(12)15/h3-5,11-13,15-16H,6-8H2,1-2H3,(H,20,21)/t11-,12+,13-,15-,16+/m1/s1. The van der Waals surface area contributed by atoms with Crippen LogP contribution in [0, 0.1) is 37.5 Å². The fraction of sp³-hybridized carbons (Fsp3) is 0.526. The molecule has 0 radical (unpaired) electrons. The minimum Gasteiger partial charge on any atom is -0.462 e. The van der Waals surface area contributed by atoms with Crippen molar-refractivity contribution in [2.75, 3.05) is 11.9 Å². The molecule has 25 heavy (non-hydrogen) atoms. The molecular formula is C19H21NO5. The summed E-state index contributed by atoms with van der Waals surface area (Å²) in [5, 5.41) is 2.79. The van der Waals surface area contributed by atoms with E-state index in [2.05, 4.69) is 5.32 Å². The number of hydrogen-bond acceptors (Lipinski definition) is 5. The molecule has 5 atom stereocenters. The van der Waals surface area contributed by atoms with Crippen molar-refractivity contribution in [3.63, 3.8) is 0 Å². The summed E-state index contributed by atoms with van der Waals surface area (Å²) in [5.41, 5.74) is 2.64. The van der Waals surface area contributed by atoms with Gasteiger partial charge >= 0.3 is 11.9 Å². The van der Waals surface area contributed by atoms with Gasteiger partial charge in [-0.1, -0.05) is 18.2 Å². The third kappa shape index (κ3) is 2.60. The Hall–Kier alpha value is -2.37. The maximum atomic E-state index is 12.4. The van der Waals surface area contributed by atoms with Crippen LogP contribution in [0.15, 0.2) is 18.2 Å². The molecular weight excluding hydrogens is 322 g/mol. The van der Waals surface area contributed by atoms with Crippen LogP contribution < -0.4 is 5.32 Å². The van der Waals surface area contributed by atoms with Gasteiger partial charge in [-0.3, -0.25) is 14.4 Å². The average Bonchev–Trinajstić information content (AvgIpc) is 3.18. The normalized spacial score (nSPS) is 31.8. The largest absolute Gasteiger partial charge is 0.462 e. The topological polar surface area (TPSA) is 81.7 Å². The zero-order valence-electron chi connectivity index (χ0n) is 14.3. The van der Waals surface area contributed by atoms with Gasteiger partial charge in [0.2, 0.25) is 0 Å². The second kappa shape index (κ2) is 5.86. The van der Waals surface area contributed by atoms with Crippen LogP contribution in [0.4, 0.5) is 5.69 Å². The van der Waals surface area contributed by atoms with Crippen LogP contribution in [0.5, 0.6) is 0 Å². The van der Waals surface area contributed by atoms with Crippen LogP contribution >= 0.6 is 0 Å². The first kappa shape index (κ1) is 16.1. The van der Waals surface area contributed by atoms with E-state index in [1.165, 1.54) is 0 Å². The van der Waals surface area contributed by atoms with Crippen molar-refractivity contribution in [1.82, 2.24) is 0 Å². The molecule has 1 heterocycles. The van der Waals surface area contributed by atoms with E-state index in [4.69, 9.17) is 9.47 Å². The van der Waals surface area contributed by atoms with E-state index in [0.717, 1.165) is 29.7 Å². The predicted molar refractivity (Wildman–Crippen MR) is 88.6 cm³/mol. The monoisotopic (exact) mass is 343 g/mol. The van der Waals surface area contributed by atoms with Gasteiger partial charge in [-0.15, -0.1) is 0 Å². The first-order chi connectivity index (χ1) is 12.0. The Labute approximate surface area is 145 Å². The number of benzene rings is 1. The smallest absolute Gasteiger partial charge is 0.310 e. The number of aryl methyl sites for hydroxylation is 2. The summed E-state index contributed by atoms with van der Waals surface area (Å²) in [5.74, 6) is -1.65. The highest BCUT2D eigenvalue weighted by molar-refractivity contribution is 5.94. The quantitative estimate of drug-likeness (QED) is 0.846. The molecule has 6 heteroatoms. The van der Waals surface area contributed by atoms with E-state index in [1.807, 2.05) is 32.0 Å². The Kier molecular flexibility index (Phi) is 3.78. The van der Waals surface area contributed by atoms with Crippen molar-refractivity contribution in [3.8, 4) is 0 Å². The van der Waals surface area contributed by atoms with Gasteiger partial charge in [-0.05, 0) is 43.7 Å². The van der Waals surface area contributed by atoms with Crippen molar-refractivity contribution in [2.24, 2.45) is 23.7 Å². The molecule has 0 unspecified atom stereocenters. The number of carbonyl (C=O) groups excluding carboxylic acids is 3. The predicted octanol–water partition coefficient (Wildman–Crippen LogP) is 1.98. The molecule has 1 aliphatic heterocycles. The number of carbonyl (C=O) groups is 3. The maximum absolute atomic E-state index is 12.4. The van der Waals surface area contributed by atoms with Gasteiger partial charge in [-0.25, -0.2) is 0 Å². The van der Waals surface area contributed by atoms with Crippen LogP contribution in [0.3, 0.4) is 0 Å². The first-order valence-electron chi connectivity index (χ1n) is 8.69. The Morgan fingerprint density at radius 1 is 1.24 bits per heavy atom. The molecule has 0 aromatic heterocycles. The van der Waals surface area contributed by atoms with Crippen molar-refractivity contribution in [3.05, 3.63) is 29.3 Å². The highest BCUT2D eigenvalue weighted by Gasteiger charge is 2.64. The van der Waals surface area contributed by atoms with Gasteiger partial charge in [0.1, 0.15) is 6.10 Å². The van der Waals surface area contributed by atoms with Gasteiger partial charge in [0.25, 0.3) is 5.91 Å². The maximum Gasteiger partial charge on any atom is 0.310 e. The molecule has 132 valence electrons. The molecule has 3 fully saturated rings. The van der Waals surface area contributed by atoms with Gasteiger partial charge in [0, 0.05) is 11.6 Å². The van der Waals surface area contributed by atoms with Crippen molar-refractivity contribution >= 4 is 23.5 Å².